The van der Waals surface area contributed by atoms with Crippen molar-refractivity contribution < 1.29 is 14.6 Å². The summed E-state index contributed by atoms with van der Waals surface area (Å²) in [7, 11) is 1.43. The Labute approximate surface area is 115 Å². The molecule has 2 unspecified atom stereocenters. The van der Waals surface area contributed by atoms with Crippen LogP contribution in [0, 0.1) is 0 Å². The van der Waals surface area contributed by atoms with Gasteiger partial charge in [0.1, 0.15) is 5.54 Å². The molecule has 108 valence electrons. The fraction of sp³-hybridized carbons (Fsp3) is 0.923. The second kappa shape index (κ2) is 9.64. The van der Waals surface area contributed by atoms with E-state index >= 15 is 0 Å². The molecule has 0 heterocycles. The minimum atomic E-state index is -0.615. The molecule has 0 bridgehead atoms. The topological polar surface area (TPSA) is 58.6 Å². The maximum Gasteiger partial charge on any atom is 0.325 e. The molecule has 4 nitrogen and oxygen atoms in total. The minimum Gasteiger partial charge on any atom is -0.468 e. The number of aliphatic hydroxyl groups is 1. The maximum atomic E-state index is 11.9. The van der Waals surface area contributed by atoms with Crippen LogP contribution in [0.1, 0.15) is 40.0 Å². The third-order valence-electron chi connectivity index (χ3n) is 2.80. The molecule has 0 aliphatic heterocycles. The van der Waals surface area contributed by atoms with Crippen molar-refractivity contribution in [2.45, 2.75) is 50.8 Å². The monoisotopic (exact) mass is 277 g/mol. The third-order valence-corrected chi connectivity index (χ3v) is 4.06. The van der Waals surface area contributed by atoms with Gasteiger partial charge in [-0.1, -0.05) is 13.8 Å². The van der Waals surface area contributed by atoms with Crippen LogP contribution >= 0.6 is 11.8 Å². The van der Waals surface area contributed by atoms with Gasteiger partial charge in [0.2, 0.25) is 0 Å². The molecule has 0 aliphatic carbocycles. The zero-order valence-corrected chi connectivity index (χ0v) is 12.8. The van der Waals surface area contributed by atoms with E-state index in [0.29, 0.717) is 5.25 Å². The lowest BCUT2D eigenvalue weighted by molar-refractivity contribution is -0.148. The molecule has 0 fully saturated rings. The molecule has 2 atom stereocenters. The first kappa shape index (κ1) is 17.7. The average Bonchev–Trinajstić information content (AvgIpc) is 2.35. The molecule has 0 aromatic carbocycles. The molecular formula is C13H27NO3S. The van der Waals surface area contributed by atoms with Crippen molar-refractivity contribution in [3.05, 3.63) is 0 Å². The molecule has 5 heteroatoms. The number of aliphatic hydroxyl groups excluding tert-OH is 1. The largest absolute Gasteiger partial charge is 0.468 e. The smallest absolute Gasteiger partial charge is 0.325 e. The van der Waals surface area contributed by atoms with Crippen molar-refractivity contribution >= 4 is 17.7 Å². The number of ether oxygens (including phenoxy) is 1. The van der Waals surface area contributed by atoms with Gasteiger partial charge in [0, 0.05) is 11.9 Å². The van der Waals surface area contributed by atoms with Gasteiger partial charge in [-0.25, -0.2) is 0 Å². The summed E-state index contributed by atoms with van der Waals surface area (Å²) < 4.78 is 4.89. The second-order valence-corrected chi connectivity index (χ2v) is 6.26. The maximum absolute atomic E-state index is 11.9. The molecule has 0 saturated heterocycles. The third kappa shape index (κ3) is 6.61. The Hall–Kier alpha value is -0.260. The summed E-state index contributed by atoms with van der Waals surface area (Å²) in [5, 5.41) is 12.4. The van der Waals surface area contributed by atoms with Crippen LogP contribution in [0.2, 0.25) is 0 Å². The Balaban J connectivity index is 4.34. The molecule has 0 rings (SSSR count). The Morgan fingerprint density at radius 3 is 2.72 bits per heavy atom. The van der Waals surface area contributed by atoms with Gasteiger partial charge in [-0.2, -0.15) is 11.8 Å². The fourth-order valence-corrected chi connectivity index (χ4v) is 2.99. The molecule has 0 saturated carbocycles. The van der Waals surface area contributed by atoms with E-state index in [1.165, 1.54) is 7.11 Å². The standard InChI is InChI=1S/C13H27NO3S/c1-5-7-14-13(3,12(16)17-4)10-11(2)18-9-6-8-15/h11,14-15H,5-10H2,1-4H3. The van der Waals surface area contributed by atoms with E-state index < -0.39 is 5.54 Å². The summed E-state index contributed by atoms with van der Waals surface area (Å²) in [4.78, 5) is 11.9. The molecule has 0 spiro atoms. The number of thioether (sulfide) groups is 1. The van der Waals surface area contributed by atoms with E-state index in [4.69, 9.17) is 9.84 Å². The van der Waals surface area contributed by atoms with E-state index in [2.05, 4.69) is 19.2 Å². The number of hydrogen-bond donors (Lipinski definition) is 2. The van der Waals surface area contributed by atoms with Crippen molar-refractivity contribution in [3.63, 3.8) is 0 Å². The van der Waals surface area contributed by atoms with Crippen molar-refractivity contribution in [1.82, 2.24) is 5.32 Å². The minimum absolute atomic E-state index is 0.203. The van der Waals surface area contributed by atoms with E-state index in [1.54, 1.807) is 11.8 Å². The summed E-state index contributed by atoms with van der Waals surface area (Å²) in [6.07, 6.45) is 2.51. The zero-order valence-electron chi connectivity index (χ0n) is 12.0. The zero-order chi connectivity index (χ0) is 14.0. The summed E-state index contributed by atoms with van der Waals surface area (Å²) in [5.74, 6) is 0.716. The van der Waals surface area contributed by atoms with Gasteiger partial charge in [-0.3, -0.25) is 4.79 Å². The van der Waals surface area contributed by atoms with Gasteiger partial charge < -0.3 is 15.2 Å². The van der Waals surface area contributed by atoms with Crippen molar-refractivity contribution in [2.24, 2.45) is 0 Å². The number of esters is 1. The summed E-state index contributed by atoms with van der Waals surface area (Å²) >= 11 is 1.78. The highest BCUT2D eigenvalue weighted by atomic mass is 32.2. The summed E-state index contributed by atoms with van der Waals surface area (Å²) in [6, 6.07) is 0. The van der Waals surface area contributed by atoms with Crippen LogP contribution in [0.4, 0.5) is 0 Å². The second-order valence-electron chi connectivity index (χ2n) is 4.71. The number of nitrogens with one attached hydrogen (secondary N) is 1. The van der Waals surface area contributed by atoms with Crippen LogP contribution in [0.25, 0.3) is 0 Å². The van der Waals surface area contributed by atoms with E-state index in [9.17, 15) is 4.79 Å². The number of carbonyl (C=O) groups is 1. The van der Waals surface area contributed by atoms with Crippen LogP contribution in [-0.4, -0.2) is 47.9 Å². The lowest BCUT2D eigenvalue weighted by Crippen LogP contribution is -2.51. The van der Waals surface area contributed by atoms with Gasteiger partial charge in [-0.05, 0) is 38.5 Å². The summed E-state index contributed by atoms with van der Waals surface area (Å²) in [6.45, 7) is 7.11. The van der Waals surface area contributed by atoms with Crippen molar-refractivity contribution in [1.29, 1.82) is 0 Å². The summed E-state index contributed by atoms with van der Waals surface area (Å²) in [5.41, 5.74) is -0.615. The highest BCUT2D eigenvalue weighted by Gasteiger charge is 2.35. The van der Waals surface area contributed by atoms with Gasteiger partial charge in [-0.15, -0.1) is 0 Å². The highest BCUT2D eigenvalue weighted by molar-refractivity contribution is 7.99. The number of methoxy groups -OCH3 is 1. The van der Waals surface area contributed by atoms with E-state index in [0.717, 1.165) is 31.6 Å². The lowest BCUT2D eigenvalue weighted by Gasteiger charge is -2.30. The first-order valence-corrected chi connectivity index (χ1v) is 7.61. The van der Waals surface area contributed by atoms with Crippen LogP contribution in [0.5, 0.6) is 0 Å². The van der Waals surface area contributed by atoms with E-state index in [1.807, 2.05) is 6.92 Å². The number of hydrogen-bond acceptors (Lipinski definition) is 5. The first-order valence-electron chi connectivity index (χ1n) is 6.56. The molecule has 0 aromatic heterocycles. The predicted molar refractivity (Wildman–Crippen MR) is 77.0 cm³/mol. The van der Waals surface area contributed by atoms with Gasteiger partial charge in [0.05, 0.1) is 7.11 Å². The molecule has 0 aliphatic rings. The molecule has 0 amide bonds. The van der Waals surface area contributed by atoms with Crippen molar-refractivity contribution in [2.75, 3.05) is 26.0 Å². The first-order chi connectivity index (χ1) is 8.50. The fourth-order valence-electron chi connectivity index (χ4n) is 1.84. The Bertz CT molecular complexity index is 238. The van der Waals surface area contributed by atoms with Gasteiger partial charge in [0.25, 0.3) is 0 Å². The molecule has 0 aromatic rings. The van der Waals surface area contributed by atoms with Crippen LogP contribution in [0.3, 0.4) is 0 Å². The Morgan fingerprint density at radius 1 is 1.56 bits per heavy atom. The molecule has 2 N–H and O–H groups in total. The van der Waals surface area contributed by atoms with Crippen LogP contribution in [0.15, 0.2) is 0 Å². The van der Waals surface area contributed by atoms with Crippen LogP contribution < -0.4 is 5.32 Å². The normalized spacial score (nSPS) is 16.1. The quantitative estimate of drug-likeness (QED) is 0.471. The molecular weight excluding hydrogens is 250 g/mol. The number of carbonyl (C=O) groups excluding carboxylic acids is 1. The Kier molecular flexibility index (Phi) is 9.50. The van der Waals surface area contributed by atoms with Gasteiger partial charge >= 0.3 is 5.97 Å². The predicted octanol–water partition coefficient (Wildman–Crippen LogP) is 1.81. The molecule has 0 radical (unpaired) electrons. The van der Waals surface area contributed by atoms with Gasteiger partial charge in [0.15, 0.2) is 0 Å². The highest BCUT2D eigenvalue weighted by Crippen LogP contribution is 2.23. The SMILES string of the molecule is CCCNC(C)(CC(C)SCCCO)C(=O)OC. The van der Waals surface area contributed by atoms with Crippen LogP contribution in [-0.2, 0) is 9.53 Å². The average molecular weight is 277 g/mol. The van der Waals surface area contributed by atoms with Crippen molar-refractivity contribution in [3.8, 4) is 0 Å². The lowest BCUT2D eigenvalue weighted by atomic mass is 9.96. The number of rotatable bonds is 10. The Morgan fingerprint density at radius 2 is 2.22 bits per heavy atom. The van der Waals surface area contributed by atoms with E-state index in [-0.39, 0.29) is 12.6 Å². The molecule has 18 heavy (non-hydrogen) atoms.